The summed E-state index contributed by atoms with van der Waals surface area (Å²) >= 11 is 5.58. The van der Waals surface area contributed by atoms with Gasteiger partial charge in [0.05, 0.1) is 0 Å². The van der Waals surface area contributed by atoms with Gasteiger partial charge in [-0.2, -0.15) is 0 Å². The van der Waals surface area contributed by atoms with Gasteiger partial charge in [-0.1, -0.05) is 17.7 Å². The van der Waals surface area contributed by atoms with Crippen LogP contribution < -0.4 is 16.9 Å². The van der Waals surface area contributed by atoms with Gasteiger partial charge in [0, 0.05) is 0 Å². The Kier molecular flexibility index (Phi) is 3.24. The number of halogens is 1. The van der Waals surface area contributed by atoms with Crippen molar-refractivity contribution in [3.63, 3.8) is 0 Å². The number of hydrogen-bond donors (Lipinski definition) is 3. The minimum atomic E-state index is -0.515. The molecule has 0 unspecified atom stereocenters. The summed E-state index contributed by atoms with van der Waals surface area (Å²) in [6, 6.07) is 4.64. The lowest BCUT2D eigenvalue weighted by atomic mass is 10.3. The van der Waals surface area contributed by atoms with E-state index < -0.39 is 5.91 Å². The van der Waals surface area contributed by atoms with Gasteiger partial charge in [0.2, 0.25) is 5.96 Å². The lowest BCUT2D eigenvalue weighted by molar-refractivity contribution is 0.0971. The van der Waals surface area contributed by atoms with Crippen LogP contribution in [0.5, 0.6) is 0 Å². The van der Waals surface area contributed by atoms with E-state index in [9.17, 15) is 4.79 Å². The third-order valence-electron chi connectivity index (χ3n) is 1.33. The van der Waals surface area contributed by atoms with Gasteiger partial charge in [0.15, 0.2) is 0 Å². The minimum absolute atomic E-state index is 0.143. The fourth-order valence-electron chi connectivity index (χ4n) is 0.747. The highest BCUT2D eigenvalue weighted by Gasteiger charge is 2.07. The number of rotatable bonds is 1. The van der Waals surface area contributed by atoms with Crippen molar-refractivity contribution in [2.45, 2.75) is 0 Å². The highest BCUT2D eigenvalue weighted by atomic mass is 35.5. The molecule has 1 aromatic heterocycles. The number of nitrogens with one attached hydrogen (secondary N) is 1. The zero-order chi connectivity index (χ0) is 10.6. The van der Waals surface area contributed by atoms with E-state index in [0.717, 1.165) is 0 Å². The van der Waals surface area contributed by atoms with Gasteiger partial charge in [-0.05, 0) is 12.1 Å². The predicted molar refractivity (Wildman–Crippen MR) is 52.5 cm³/mol. The van der Waals surface area contributed by atoms with Crippen molar-refractivity contribution < 1.29 is 4.79 Å². The first-order valence-electron chi connectivity index (χ1n) is 3.60. The number of guanidine groups is 1. The topological polar surface area (TPSA) is 106 Å². The lowest BCUT2D eigenvalue weighted by Gasteiger charge is -2.01. The summed E-state index contributed by atoms with van der Waals surface area (Å²) in [6.45, 7) is 0. The molecule has 0 fully saturated rings. The van der Waals surface area contributed by atoms with E-state index in [0.29, 0.717) is 0 Å². The number of nitrogens with zero attached hydrogens (tertiary/aromatic N) is 2. The average Bonchev–Trinajstić information content (AvgIpc) is 2.17. The summed E-state index contributed by atoms with van der Waals surface area (Å²) in [5.74, 6) is 4.13. The Morgan fingerprint density at radius 3 is 2.86 bits per heavy atom. The number of hydrogen-bond acceptors (Lipinski definition) is 4. The van der Waals surface area contributed by atoms with Crippen LogP contribution in [0.3, 0.4) is 0 Å². The maximum absolute atomic E-state index is 11.3. The smallest absolute Gasteiger partial charge is 0.276 e. The molecule has 0 aromatic carbocycles. The van der Waals surface area contributed by atoms with Gasteiger partial charge < -0.3 is 11.6 Å². The Hall–Kier alpha value is -1.82. The molecule has 1 aromatic rings. The summed E-state index contributed by atoms with van der Waals surface area (Å²) in [6.07, 6.45) is 0. The van der Waals surface area contributed by atoms with Gasteiger partial charge in [-0.15, -0.1) is 5.10 Å². The molecule has 0 atom stereocenters. The molecule has 0 aliphatic carbocycles. The van der Waals surface area contributed by atoms with E-state index in [4.69, 9.17) is 23.2 Å². The van der Waals surface area contributed by atoms with Gasteiger partial charge in [-0.25, -0.2) is 4.98 Å². The summed E-state index contributed by atoms with van der Waals surface area (Å²) in [4.78, 5) is 15.1. The normalized spacial score (nSPS) is 11.1. The van der Waals surface area contributed by atoms with Crippen LogP contribution in [-0.2, 0) is 0 Å². The number of nitrogens with two attached hydrogens (primary N) is 2. The van der Waals surface area contributed by atoms with Crippen LogP contribution >= 0.6 is 11.6 Å². The molecule has 6 nitrogen and oxygen atoms in total. The highest BCUT2D eigenvalue weighted by molar-refractivity contribution is 6.29. The first-order valence-corrected chi connectivity index (χ1v) is 3.98. The van der Waals surface area contributed by atoms with Crippen molar-refractivity contribution in [1.82, 2.24) is 10.3 Å². The molecular formula is C7H8ClN5O. The molecule has 1 amide bonds. The molecule has 1 rings (SSSR count). The van der Waals surface area contributed by atoms with Crippen LogP contribution in [-0.4, -0.2) is 16.9 Å². The third kappa shape index (κ3) is 2.60. The Balaban J connectivity index is 2.80. The molecular weight excluding hydrogens is 206 g/mol. The molecule has 0 bridgehead atoms. The van der Waals surface area contributed by atoms with Crippen LogP contribution in [0, 0.1) is 0 Å². The van der Waals surface area contributed by atoms with Gasteiger partial charge in [-0.3, -0.25) is 10.1 Å². The first kappa shape index (κ1) is 10.3. The quantitative estimate of drug-likeness (QED) is 0.195. The number of pyridine rings is 1. The standard InChI is InChI=1S/C7H8ClN5O/c8-5-3-1-2-4(11-5)6(14)12-7(9)13-10/h1-3H,10H2,(H3,9,12,13,14). The largest absolute Gasteiger partial charge is 0.368 e. The van der Waals surface area contributed by atoms with Crippen LogP contribution in [0.15, 0.2) is 23.3 Å². The number of hydrazone groups is 1. The van der Waals surface area contributed by atoms with Crippen molar-refractivity contribution in [2.75, 3.05) is 0 Å². The van der Waals surface area contributed by atoms with Crippen molar-refractivity contribution in [3.8, 4) is 0 Å². The Bertz CT molecular complexity index is 378. The first-order chi connectivity index (χ1) is 6.63. The second kappa shape index (κ2) is 4.43. The maximum atomic E-state index is 11.3. The second-order valence-corrected chi connectivity index (χ2v) is 2.70. The summed E-state index contributed by atoms with van der Waals surface area (Å²) in [5, 5.41) is 5.52. The van der Waals surface area contributed by atoms with E-state index in [1.807, 2.05) is 0 Å². The molecule has 0 spiro atoms. The molecule has 0 saturated heterocycles. The molecule has 0 aliphatic heterocycles. The summed E-state index contributed by atoms with van der Waals surface area (Å²) in [7, 11) is 0. The van der Waals surface area contributed by atoms with Crippen molar-refractivity contribution >= 4 is 23.5 Å². The molecule has 1 heterocycles. The van der Waals surface area contributed by atoms with E-state index in [-0.39, 0.29) is 16.8 Å². The maximum Gasteiger partial charge on any atom is 0.276 e. The molecule has 14 heavy (non-hydrogen) atoms. The molecule has 0 radical (unpaired) electrons. The van der Waals surface area contributed by atoms with Gasteiger partial charge >= 0.3 is 0 Å². The summed E-state index contributed by atoms with van der Waals surface area (Å²) in [5.41, 5.74) is 5.32. The molecule has 5 N–H and O–H groups in total. The van der Waals surface area contributed by atoms with E-state index in [1.54, 1.807) is 12.1 Å². The lowest BCUT2D eigenvalue weighted by Crippen LogP contribution is -2.37. The fourth-order valence-corrected chi connectivity index (χ4v) is 0.911. The minimum Gasteiger partial charge on any atom is -0.368 e. The zero-order valence-electron chi connectivity index (χ0n) is 7.07. The number of amides is 1. The van der Waals surface area contributed by atoms with Gasteiger partial charge in [0.1, 0.15) is 10.8 Å². The van der Waals surface area contributed by atoms with Crippen LogP contribution in [0.2, 0.25) is 5.15 Å². The van der Waals surface area contributed by atoms with Gasteiger partial charge in [0.25, 0.3) is 5.91 Å². The molecule has 7 heteroatoms. The average molecular weight is 214 g/mol. The highest BCUT2D eigenvalue weighted by Crippen LogP contribution is 2.04. The number of carbonyl (C=O) groups excluding carboxylic acids is 1. The Morgan fingerprint density at radius 1 is 1.57 bits per heavy atom. The number of aromatic nitrogens is 1. The van der Waals surface area contributed by atoms with Crippen LogP contribution in [0.25, 0.3) is 0 Å². The predicted octanol–water partition coefficient (Wildman–Crippen LogP) is -0.347. The van der Waals surface area contributed by atoms with Crippen LogP contribution in [0.1, 0.15) is 10.5 Å². The zero-order valence-corrected chi connectivity index (χ0v) is 7.82. The summed E-state index contributed by atoms with van der Waals surface area (Å²) < 4.78 is 0. The van der Waals surface area contributed by atoms with Crippen molar-refractivity contribution in [2.24, 2.45) is 16.7 Å². The van der Waals surface area contributed by atoms with E-state index in [2.05, 4.69) is 15.4 Å². The van der Waals surface area contributed by atoms with Crippen molar-refractivity contribution in [1.29, 1.82) is 0 Å². The SMILES string of the molecule is N/N=C(/N)NC(=O)c1cccc(Cl)n1. The molecule has 0 saturated carbocycles. The van der Waals surface area contributed by atoms with E-state index >= 15 is 0 Å². The molecule has 0 aliphatic rings. The Labute approximate surface area is 84.9 Å². The van der Waals surface area contributed by atoms with E-state index in [1.165, 1.54) is 6.07 Å². The third-order valence-corrected chi connectivity index (χ3v) is 1.54. The Morgan fingerprint density at radius 2 is 2.29 bits per heavy atom. The second-order valence-electron chi connectivity index (χ2n) is 2.31. The number of carbonyl (C=O) groups is 1. The van der Waals surface area contributed by atoms with Crippen LogP contribution in [0.4, 0.5) is 0 Å². The monoisotopic (exact) mass is 213 g/mol. The fraction of sp³-hybridized carbons (Fsp3) is 0. The van der Waals surface area contributed by atoms with Crippen molar-refractivity contribution in [3.05, 3.63) is 29.0 Å². The molecule has 74 valence electrons.